The first kappa shape index (κ1) is 68.1. The molecule has 71 heavy (non-hydrogen) atoms. The molecule has 9 unspecified atom stereocenters. The van der Waals surface area contributed by atoms with Crippen LogP contribution in [0.2, 0.25) is 0 Å². The van der Waals surface area contributed by atoms with E-state index in [0.29, 0.717) is 19.3 Å². The minimum absolute atomic E-state index is 0.267. The quantitative estimate of drug-likeness (QED) is 0.0272. The SMILES string of the molecule is CCCCCCCCCCCCCCCCCCCCCCCCCC(O)C(=O)NC(COC1OC(CO)C(O)C(O)C1O)C(O)C(O)CCCCCCCCCCCCCCCCCCCCCCC. The first-order valence-electron chi connectivity index (χ1n) is 30.9. The van der Waals surface area contributed by atoms with E-state index in [1.54, 1.807) is 0 Å². The van der Waals surface area contributed by atoms with E-state index in [1.165, 1.54) is 231 Å². The lowest BCUT2D eigenvalue weighted by atomic mass is 9.98. The standard InChI is InChI=1S/C60H119NO10/c1-3-5-7-9-11-13-15-17-19-21-23-25-26-28-30-32-34-36-38-40-42-44-46-48-53(64)59(69)61-51(50-70-60-58(68)57(67)56(66)54(49-62)71-60)55(65)52(63)47-45-43-41-39-37-35-33-31-29-27-24-22-20-18-16-14-12-10-8-6-4-2/h51-58,60,62-68H,3-50H2,1-2H3,(H,61,69). The molecule has 0 saturated carbocycles. The summed E-state index contributed by atoms with van der Waals surface area (Å²) in [5.41, 5.74) is 0. The second-order valence-corrected chi connectivity index (χ2v) is 22.1. The van der Waals surface area contributed by atoms with Gasteiger partial charge in [-0.3, -0.25) is 4.79 Å². The second kappa shape index (κ2) is 50.0. The Morgan fingerprint density at radius 2 is 0.732 bits per heavy atom. The molecular weight excluding hydrogens is 895 g/mol. The van der Waals surface area contributed by atoms with Crippen molar-refractivity contribution in [2.45, 2.75) is 364 Å². The van der Waals surface area contributed by atoms with Crippen molar-refractivity contribution in [2.75, 3.05) is 13.2 Å². The van der Waals surface area contributed by atoms with Gasteiger partial charge in [-0.05, 0) is 12.8 Å². The zero-order chi connectivity index (χ0) is 51.8. The lowest BCUT2D eigenvalue weighted by Gasteiger charge is -2.40. The fraction of sp³-hybridized carbons (Fsp3) is 0.983. The molecule has 1 aliphatic rings. The highest BCUT2D eigenvalue weighted by Crippen LogP contribution is 2.24. The van der Waals surface area contributed by atoms with Gasteiger partial charge in [-0.15, -0.1) is 0 Å². The molecule has 1 rings (SSSR count). The number of hydrogen-bond acceptors (Lipinski definition) is 10. The molecule has 11 heteroatoms. The van der Waals surface area contributed by atoms with Crippen LogP contribution < -0.4 is 5.32 Å². The van der Waals surface area contributed by atoms with E-state index in [9.17, 15) is 40.5 Å². The minimum atomic E-state index is -1.66. The number of hydrogen-bond donors (Lipinski definition) is 8. The van der Waals surface area contributed by atoms with Crippen molar-refractivity contribution in [3.8, 4) is 0 Å². The first-order valence-corrected chi connectivity index (χ1v) is 30.9. The van der Waals surface area contributed by atoms with Crippen molar-refractivity contribution >= 4 is 5.91 Å². The maximum Gasteiger partial charge on any atom is 0.249 e. The molecule has 9 atom stereocenters. The zero-order valence-corrected chi connectivity index (χ0v) is 46.5. The van der Waals surface area contributed by atoms with Crippen molar-refractivity contribution in [1.82, 2.24) is 5.32 Å². The van der Waals surface area contributed by atoms with Crippen LogP contribution >= 0.6 is 0 Å². The van der Waals surface area contributed by atoms with Gasteiger partial charge in [0.15, 0.2) is 6.29 Å². The molecule has 0 radical (unpaired) electrons. The van der Waals surface area contributed by atoms with Gasteiger partial charge in [0, 0.05) is 0 Å². The number of rotatable bonds is 54. The highest BCUT2D eigenvalue weighted by Gasteiger charge is 2.44. The number of aliphatic hydroxyl groups excluding tert-OH is 7. The maximum absolute atomic E-state index is 13.2. The van der Waals surface area contributed by atoms with Crippen molar-refractivity contribution in [2.24, 2.45) is 0 Å². The Labute approximate surface area is 437 Å². The van der Waals surface area contributed by atoms with E-state index in [4.69, 9.17) is 9.47 Å². The zero-order valence-electron chi connectivity index (χ0n) is 46.5. The molecular formula is C60H119NO10. The number of nitrogens with one attached hydrogen (secondary N) is 1. The van der Waals surface area contributed by atoms with Crippen molar-refractivity contribution in [3.63, 3.8) is 0 Å². The predicted molar refractivity (Wildman–Crippen MR) is 293 cm³/mol. The van der Waals surface area contributed by atoms with E-state index in [2.05, 4.69) is 19.2 Å². The van der Waals surface area contributed by atoms with Gasteiger partial charge in [0.1, 0.15) is 36.6 Å². The molecule has 0 aliphatic carbocycles. The Bertz CT molecular complexity index is 1120. The topological polar surface area (TPSA) is 189 Å². The fourth-order valence-electron chi connectivity index (χ4n) is 10.4. The predicted octanol–water partition coefficient (Wildman–Crippen LogP) is 13.4. The van der Waals surface area contributed by atoms with E-state index >= 15 is 0 Å². The molecule has 11 nitrogen and oxygen atoms in total. The van der Waals surface area contributed by atoms with Gasteiger partial charge in [-0.2, -0.15) is 0 Å². The summed E-state index contributed by atoms with van der Waals surface area (Å²) in [5, 5.41) is 76.3. The highest BCUT2D eigenvalue weighted by atomic mass is 16.7. The van der Waals surface area contributed by atoms with Crippen LogP contribution in [0, 0.1) is 0 Å². The third-order valence-electron chi connectivity index (χ3n) is 15.4. The second-order valence-electron chi connectivity index (χ2n) is 22.1. The Morgan fingerprint density at radius 3 is 1.04 bits per heavy atom. The summed E-state index contributed by atoms with van der Waals surface area (Å²) < 4.78 is 11.2. The Balaban J connectivity index is 2.26. The molecule has 424 valence electrons. The Morgan fingerprint density at radius 1 is 0.437 bits per heavy atom. The normalized spacial score (nSPS) is 20.0. The molecule has 0 aromatic rings. The van der Waals surface area contributed by atoms with Crippen molar-refractivity contribution in [3.05, 3.63) is 0 Å². The van der Waals surface area contributed by atoms with E-state index < -0.39 is 74.2 Å². The van der Waals surface area contributed by atoms with Crippen LogP contribution in [0.15, 0.2) is 0 Å². The number of carbonyl (C=O) groups is 1. The van der Waals surface area contributed by atoms with Gasteiger partial charge in [0.25, 0.3) is 0 Å². The molecule has 0 aromatic heterocycles. The van der Waals surface area contributed by atoms with Crippen LogP contribution in [-0.4, -0.2) is 110 Å². The molecule has 1 fully saturated rings. The molecule has 0 aromatic carbocycles. The van der Waals surface area contributed by atoms with E-state index in [-0.39, 0.29) is 6.42 Å². The molecule has 1 heterocycles. The molecule has 8 N–H and O–H groups in total. The molecule has 1 aliphatic heterocycles. The third kappa shape index (κ3) is 38.3. The van der Waals surface area contributed by atoms with Crippen molar-refractivity contribution < 1.29 is 50.0 Å². The summed E-state index contributed by atoms with van der Waals surface area (Å²) in [6, 6.07) is -1.16. The Hall–Kier alpha value is -0.890. The van der Waals surface area contributed by atoms with Crippen molar-refractivity contribution in [1.29, 1.82) is 0 Å². The van der Waals surface area contributed by atoms with Gasteiger partial charge in [-0.25, -0.2) is 0 Å². The van der Waals surface area contributed by atoms with Crippen LogP contribution in [0.5, 0.6) is 0 Å². The van der Waals surface area contributed by atoms with Gasteiger partial charge in [0.05, 0.1) is 25.4 Å². The van der Waals surface area contributed by atoms with Crippen LogP contribution in [0.25, 0.3) is 0 Å². The summed E-state index contributed by atoms with van der Waals surface area (Å²) in [7, 11) is 0. The number of carbonyl (C=O) groups excluding carboxylic acids is 1. The molecule has 0 spiro atoms. The van der Waals surface area contributed by atoms with Crippen LogP contribution in [0.3, 0.4) is 0 Å². The summed E-state index contributed by atoms with van der Waals surface area (Å²) >= 11 is 0. The van der Waals surface area contributed by atoms with E-state index in [0.717, 1.165) is 38.5 Å². The van der Waals surface area contributed by atoms with E-state index in [1.807, 2.05) is 0 Å². The lowest BCUT2D eigenvalue weighted by Crippen LogP contribution is -2.60. The highest BCUT2D eigenvalue weighted by molar-refractivity contribution is 5.80. The maximum atomic E-state index is 13.2. The van der Waals surface area contributed by atoms with Crippen LogP contribution in [-0.2, 0) is 14.3 Å². The smallest absolute Gasteiger partial charge is 0.249 e. The number of unbranched alkanes of at least 4 members (excludes halogenated alkanes) is 42. The monoisotopic (exact) mass is 1010 g/mol. The number of ether oxygens (including phenoxy) is 2. The summed E-state index contributed by atoms with van der Waals surface area (Å²) in [5.74, 6) is -0.688. The van der Waals surface area contributed by atoms with Gasteiger partial charge in [0.2, 0.25) is 5.91 Å². The van der Waals surface area contributed by atoms with Gasteiger partial charge >= 0.3 is 0 Å². The summed E-state index contributed by atoms with van der Waals surface area (Å²) in [6.07, 6.45) is 45.8. The first-order chi connectivity index (χ1) is 34.7. The van der Waals surface area contributed by atoms with Crippen LogP contribution in [0.4, 0.5) is 0 Å². The Kier molecular flexibility index (Phi) is 47.9. The molecule has 1 amide bonds. The van der Waals surface area contributed by atoms with Gasteiger partial charge < -0.3 is 50.5 Å². The summed E-state index contributed by atoms with van der Waals surface area (Å²) in [6.45, 7) is 3.51. The lowest BCUT2D eigenvalue weighted by molar-refractivity contribution is -0.303. The minimum Gasteiger partial charge on any atom is -0.394 e. The number of amides is 1. The average molecular weight is 1010 g/mol. The number of aliphatic hydroxyl groups is 7. The largest absolute Gasteiger partial charge is 0.394 e. The fourth-order valence-corrected chi connectivity index (χ4v) is 10.4. The third-order valence-corrected chi connectivity index (χ3v) is 15.4. The molecule has 0 bridgehead atoms. The van der Waals surface area contributed by atoms with Crippen LogP contribution in [0.1, 0.15) is 309 Å². The van der Waals surface area contributed by atoms with Gasteiger partial charge in [-0.1, -0.05) is 296 Å². The average Bonchev–Trinajstić information content (AvgIpc) is 3.37. The summed E-state index contributed by atoms with van der Waals surface area (Å²) in [4.78, 5) is 13.2. The molecule has 1 saturated heterocycles.